The van der Waals surface area contributed by atoms with Crippen LogP contribution in [-0.4, -0.2) is 55.9 Å². The van der Waals surface area contributed by atoms with Gasteiger partial charge in [0.05, 0.1) is 30.5 Å². The Bertz CT molecular complexity index is 2110. The number of carbonyl (C=O) groups is 4. The molecule has 12 nitrogen and oxygen atoms in total. The van der Waals surface area contributed by atoms with Gasteiger partial charge in [0.2, 0.25) is 0 Å². The number of hydrogen-bond acceptors (Lipinski definition) is 10. The first-order valence-electron chi connectivity index (χ1n) is 16.3. The molecular formula is C38H39ClN6O6. The number of ketones is 1. The molecular weight excluding hydrogens is 672 g/mol. The van der Waals surface area contributed by atoms with Crippen LogP contribution in [0.4, 0.5) is 0 Å². The molecule has 3 aromatic heterocycles. The third-order valence-corrected chi connectivity index (χ3v) is 8.65. The molecule has 0 bridgehead atoms. The van der Waals surface area contributed by atoms with E-state index in [1.54, 1.807) is 42.7 Å². The highest BCUT2D eigenvalue weighted by Gasteiger charge is 2.30. The second kappa shape index (κ2) is 15.6. The van der Waals surface area contributed by atoms with Crippen LogP contribution in [0, 0.1) is 6.92 Å². The van der Waals surface area contributed by atoms with E-state index in [4.69, 9.17) is 26.8 Å². The van der Waals surface area contributed by atoms with E-state index in [0.29, 0.717) is 35.5 Å². The summed E-state index contributed by atoms with van der Waals surface area (Å²) >= 11 is 6.25. The van der Waals surface area contributed by atoms with Crippen LogP contribution < -0.4 is 11.1 Å². The minimum absolute atomic E-state index is 0.0118. The van der Waals surface area contributed by atoms with Gasteiger partial charge in [0.15, 0.2) is 17.1 Å². The highest BCUT2D eigenvalue weighted by atomic mass is 35.5. The van der Waals surface area contributed by atoms with E-state index < -0.39 is 23.4 Å². The van der Waals surface area contributed by atoms with Crippen molar-refractivity contribution in [3.63, 3.8) is 0 Å². The molecule has 0 aliphatic heterocycles. The molecule has 1 aliphatic carbocycles. The topological polar surface area (TPSA) is 168 Å². The number of methoxy groups -OCH3 is 1. The lowest BCUT2D eigenvalue weighted by molar-refractivity contribution is 0.00681. The van der Waals surface area contributed by atoms with Gasteiger partial charge in [0.1, 0.15) is 11.3 Å². The lowest BCUT2D eigenvalue weighted by atomic mass is 9.97. The van der Waals surface area contributed by atoms with Gasteiger partial charge in [0, 0.05) is 36.4 Å². The van der Waals surface area contributed by atoms with Crippen LogP contribution in [0.2, 0.25) is 5.02 Å². The maximum absolute atomic E-state index is 13.7. The maximum atomic E-state index is 13.7. The van der Waals surface area contributed by atoms with Crippen molar-refractivity contribution in [3.8, 4) is 0 Å². The summed E-state index contributed by atoms with van der Waals surface area (Å²) in [6, 6.07) is 15.3. The van der Waals surface area contributed by atoms with Crippen molar-refractivity contribution < 1.29 is 28.7 Å². The summed E-state index contributed by atoms with van der Waals surface area (Å²) in [6.45, 7) is 7.91. The van der Waals surface area contributed by atoms with E-state index >= 15 is 0 Å². The number of nitrogens with two attached hydrogens (primary N) is 1. The number of pyridine rings is 1. The van der Waals surface area contributed by atoms with Crippen molar-refractivity contribution in [2.75, 3.05) is 7.11 Å². The van der Waals surface area contributed by atoms with Crippen molar-refractivity contribution in [1.82, 2.24) is 24.9 Å². The summed E-state index contributed by atoms with van der Waals surface area (Å²) in [5.41, 5.74) is 9.63. The SMILES string of the molecule is COC(=O)c1cc(C(=O)N[C@H]2CCc3c2ccc(C(=O)OC(C)(C)C)c3C)n2ncc(C(=O)Cc3ccccc3Cl)c2n1.NCc1cccnc1. The number of benzene rings is 2. The minimum atomic E-state index is -0.765. The number of nitrogens with one attached hydrogen (secondary N) is 1. The molecule has 13 heteroatoms. The van der Waals surface area contributed by atoms with Gasteiger partial charge < -0.3 is 20.5 Å². The second-order valence-electron chi connectivity index (χ2n) is 12.9. The normalized spacial score (nSPS) is 13.5. The minimum Gasteiger partial charge on any atom is -0.464 e. The van der Waals surface area contributed by atoms with Crippen molar-refractivity contribution in [2.24, 2.45) is 5.73 Å². The fourth-order valence-electron chi connectivity index (χ4n) is 5.78. The van der Waals surface area contributed by atoms with Crippen LogP contribution in [0.5, 0.6) is 0 Å². The van der Waals surface area contributed by atoms with Crippen molar-refractivity contribution in [3.05, 3.63) is 129 Å². The molecule has 3 heterocycles. The first-order chi connectivity index (χ1) is 24.3. The lowest BCUT2D eigenvalue weighted by Crippen LogP contribution is -2.30. The Labute approximate surface area is 300 Å². The standard InChI is InChI=1S/C32H31ClN4O6.C6H8N2/c1-17-19-12-13-24(21(19)11-10-20(17)30(40)43-32(2,3)4)36-29(39)26-15-25(31(41)42-5)35-28-22(16-34-37(26)28)27(38)14-18-8-6-7-9-23(18)33;7-4-6-2-1-3-8-5-6/h6-11,15-16,24H,12-14H2,1-5H3,(H,36,39);1-3,5H,4,7H2/t24-;/m0./s1. The number of amides is 1. The summed E-state index contributed by atoms with van der Waals surface area (Å²) < 4.78 is 11.7. The first-order valence-corrected chi connectivity index (χ1v) is 16.7. The molecule has 3 N–H and O–H groups in total. The molecule has 0 radical (unpaired) electrons. The Morgan fingerprint density at radius 3 is 2.43 bits per heavy atom. The van der Waals surface area contributed by atoms with Gasteiger partial charge in [-0.05, 0) is 86.6 Å². The monoisotopic (exact) mass is 710 g/mol. The first kappa shape index (κ1) is 36.8. The smallest absolute Gasteiger partial charge is 0.356 e. The van der Waals surface area contributed by atoms with Crippen molar-refractivity contribution in [1.29, 1.82) is 0 Å². The van der Waals surface area contributed by atoms with Gasteiger partial charge in [-0.1, -0.05) is 41.9 Å². The third-order valence-electron chi connectivity index (χ3n) is 8.28. The Hall–Kier alpha value is -5.46. The molecule has 0 spiro atoms. The number of nitrogens with zero attached hydrogens (tertiary/aromatic N) is 4. The summed E-state index contributed by atoms with van der Waals surface area (Å²) in [5, 5.41) is 7.75. The number of hydrogen-bond donors (Lipinski definition) is 2. The number of halogens is 1. The van der Waals surface area contributed by atoms with Gasteiger partial charge >= 0.3 is 11.9 Å². The van der Waals surface area contributed by atoms with E-state index in [-0.39, 0.29) is 40.8 Å². The zero-order valence-corrected chi connectivity index (χ0v) is 29.8. The fraction of sp³-hybridized carbons (Fsp3) is 0.289. The van der Waals surface area contributed by atoms with Gasteiger partial charge in [-0.25, -0.2) is 19.1 Å². The molecule has 5 aromatic rings. The van der Waals surface area contributed by atoms with Gasteiger partial charge in [-0.3, -0.25) is 14.6 Å². The molecule has 1 atom stereocenters. The largest absolute Gasteiger partial charge is 0.464 e. The summed E-state index contributed by atoms with van der Waals surface area (Å²) in [4.78, 5) is 60.4. The molecule has 1 amide bonds. The van der Waals surface area contributed by atoms with Crippen molar-refractivity contribution >= 4 is 40.9 Å². The molecule has 0 fully saturated rings. The van der Waals surface area contributed by atoms with Crippen LogP contribution >= 0.6 is 11.6 Å². The molecule has 0 saturated heterocycles. The quantitative estimate of drug-likeness (QED) is 0.148. The number of aromatic nitrogens is 4. The molecule has 51 heavy (non-hydrogen) atoms. The van der Waals surface area contributed by atoms with E-state index in [0.717, 1.165) is 22.3 Å². The Balaban J connectivity index is 0.000000556. The number of Topliss-reactive ketones (excluding diaryl/α,β-unsaturated/α-hetero) is 1. The zero-order valence-electron chi connectivity index (χ0n) is 29.0. The zero-order chi connectivity index (χ0) is 36.9. The highest BCUT2D eigenvalue weighted by molar-refractivity contribution is 6.31. The number of rotatable bonds is 8. The summed E-state index contributed by atoms with van der Waals surface area (Å²) in [5.74, 6) is -2.01. The average Bonchev–Trinajstić information content (AvgIpc) is 3.73. The van der Waals surface area contributed by atoms with Crippen LogP contribution in [0.25, 0.3) is 5.65 Å². The molecule has 2 aromatic carbocycles. The Morgan fingerprint density at radius 2 is 1.78 bits per heavy atom. The summed E-state index contributed by atoms with van der Waals surface area (Å²) in [6.07, 6.45) is 6.07. The van der Waals surface area contributed by atoms with Crippen LogP contribution in [0.1, 0.15) is 103 Å². The molecule has 264 valence electrons. The van der Waals surface area contributed by atoms with Crippen LogP contribution in [0.15, 0.2) is 73.2 Å². The maximum Gasteiger partial charge on any atom is 0.356 e. The number of esters is 2. The van der Waals surface area contributed by atoms with Gasteiger partial charge in [-0.2, -0.15) is 5.10 Å². The van der Waals surface area contributed by atoms with E-state index in [9.17, 15) is 19.2 Å². The highest BCUT2D eigenvalue weighted by Crippen LogP contribution is 2.35. The number of carbonyl (C=O) groups excluding carboxylic acids is 4. The predicted molar refractivity (Wildman–Crippen MR) is 191 cm³/mol. The molecule has 0 saturated carbocycles. The van der Waals surface area contributed by atoms with Crippen LogP contribution in [0.3, 0.4) is 0 Å². The van der Waals surface area contributed by atoms with Gasteiger partial charge in [0.25, 0.3) is 5.91 Å². The van der Waals surface area contributed by atoms with Crippen LogP contribution in [-0.2, 0) is 28.9 Å². The fourth-order valence-corrected chi connectivity index (χ4v) is 5.98. The molecule has 6 rings (SSSR count). The van der Waals surface area contributed by atoms with E-state index in [1.807, 2.05) is 45.9 Å². The molecule has 0 unspecified atom stereocenters. The molecule has 1 aliphatic rings. The van der Waals surface area contributed by atoms with Gasteiger partial charge in [-0.15, -0.1) is 0 Å². The lowest BCUT2D eigenvalue weighted by Gasteiger charge is -2.21. The van der Waals surface area contributed by atoms with Crippen molar-refractivity contribution in [2.45, 2.75) is 65.1 Å². The van der Waals surface area contributed by atoms with E-state index in [2.05, 4.69) is 20.4 Å². The Kier molecular flexibility index (Phi) is 11.3. The predicted octanol–water partition coefficient (Wildman–Crippen LogP) is 5.82. The Morgan fingerprint density at radius 1 is 1.02 bits per heavy atom. The third kappa shape index (κ3) is 8.47. The van der Waals surface area contributed by atoms with E-state index in [1.165, 1.54) is 23.9 Å². The second-order valence-corrected chi connectivity index (χ2v) is 13.3. The number of ether oxygens (including phenoxy) is 2. The summed E-state index contributed by atoms with van der Waals surface area (Å²) in [7, 11) is 1.21. The average molecular weight is 711 g/mol. The number of fused-ring (bicyclic) bond motifs is 2.